The first-order valence-corrected chi connectivity index (χ1v) is 7.22. The maximum atomic E-state index is 3.63. The molecule has 16 heavy (non-hydrogen) atoms. The van der Waals surface area contributed by atoms with Crippen LogP contribution in [0.4, 0.5) is 0 Å². The SMILES string of the molecule is CCN(CCC1(NC)CCCCC1)C1CC1. The zero-order chi connectivity index (χ0) is 11.4. The predicted octanol–water partition coefficient (Wildman–Crippen LogP) is 2.78. The van der Waals surface area contributed by atoms with Crippen LogP contribution in [-0.4, -0.2) is 36.6 Å². The van der Waals surface area contributed by atoms with E-state index in [0.717, 1.165) is 6.04 Å². The van der Waals surface area contributed by atoms with E-state index < -0.39 is 0 Å². The van der Waals surface area contributed by atoms with Gasteiger partial charge in [0.2, 0.25) is 0 Å². The van der Waals surface area contributed by atoms with Crippen LogP contribution in [0.1, 0.15) is 58.3 Å². The first kappa shape index (κ1) is 12.4. The quantitative estimate of drug-likeness (QED) is 0.746. The average molecular weight is 224 g/mol. The number of nitrogens with one attached hydrogen (secondary N) is 1. The van der Waals surface area contributed by atoms with Gasteiger partial charge in [0.15, 0.2) is 0 Å². The van der Waals surface area contributed by atoms with E-state index in [1.807, 2.05) is 0 Å². The summed E-state index contributed by atoms with van der Waals surface area (Å²) in [5.41, 5.74) is 0.473. The molecule has 1 N–H and O–H groups in total. The van der Waals surface area contributed by atoms with Crippen LogP contribution in [0.15, 0.2) is 0 Å². The minimum atomic E-state index is 0.473. The normalized spacial score (nSPS) is 24.9. The summed E-state index contributed by atoms with van der Waals surface area (Å²) in [5, 5.41) is 3.63. The summed E-state index contributed by atoms with van der Waals surface area (Å²) in [6, 6.07) is 0.933. The van der Waals surface area contributed by atoms with E-state index in [2.05, 4.69) is 24.2 Å². The molecule has 0 bridgehead atoms. The third-order valence-corrected chi connectivity index (χ3v) is 4.69. The largest absolute Gasteiger partial charge is 0.314 e. The molecule has 0 aromatic rings. The van der Waals surface area contributed by atoms with E-state index >= 15 is 0 Å². The highest BCUT2D eigenvalue weighted by atomic mass is 15.2. The average Bonchev–Trinajstić information content (AvgIpc) is 3.16. The smallest absolute Gasteiger partial charge is 0.0190 e. The van der Waals surface area contributed by atoms with Crippen molar-refractivity contribution in [3.05, 3.63) is 0 Å². The van der Waals surface area contributed by atoms with Crippen molar-refractivity contribution in [2.45, 2.75) is 69.9 Å². The Morgan fingerprint density at radius 1 is 1.19 bits per heavy atom. The van der Waals surface area contributed by atoms with E-state index in [4.69, 9.17) is 0 Å². The Morgan fingerprint density at radius 3 is 2.38 bits per heavy atom. The molecule has 0 amide bonds. The Kier molecular flexibility index (Phi) is 4.26. The second-order valence-electron chi connectivity index (χ2n) is 5.70. The molecule has 0 aliphatic heterocycles. The number of rotatable bonds is 6. The van der Waals surface area contributed by atoms with E-state index in [0.29, 0.717) is 5.54 Å². The van der Waals surface area contributed by atoms with Crippen molar-refractivity contribution >= 4 is 0 Å². The summed E-state index contributed by atoms with van der Waals surface area (Å²) < 4.78 is 0. The standard InChI is InChI=1S/C14H28N2/c1-3-16(13-7-8-13)12-11-14(15-2)9-5-4-6-10-14/h13,15H,3-12H2,1-2H3. The van der Waals surface area contributed by atoms with Gasteiger partial charge in [0, 0.05) is 18.1 Å². The molecule has 0 aromatic carbocycles. The number of hydrogen-bond acceptors (Lipinski definition) is 2. The van der Waals surface area contributed by atoms with Crippen LogP contribution >= 0.6 is 0 Å². The van der Waals surface area contributed by atoms with Gasteiger partial charge in [-0.15, -0.1) is 0 Å². The Morgan fingerprint density at radius 2 is 1.88 bits per heavy atom. The van der Waals surface area contributed by atoms with Gasteiger partial charge in [-0.1, -0.05) is 26.2 Å². The van der Waals surface area contributed by atoms with Crippen molar-refractivity contribution in [2.24, 2.45) is 0 Å². The van der Waals surface area contributed by atoms with Gasteiger partial charge < -0.3 is 10.2 Å². The van der Waals surface area contributed by atoms with Crippen molar-refractivity contribution in [1.29, 1.82) is 0 Å². The molecule has 94 valence electrons. The Labute approximate surface area is 101 Å². The van der Waals surface area contributed by atoms with E-state index in [1.54, 1.807) is 0 Å². The van der Waals surface area contributed by atoms with Crippen molar-refractivity contribution < 1.29 is 0 Å². The lowest BCUT2D eigenvalue weighted by Gasteiger charge is -2.38. The van der Waals surface area contributed by atoms with Crippen LogP contribution in [0.25, 0.3) is 0 Å². The third kappa shape index (κ3) is 2.98. The fourth-order valence-electron chi connectivity index (χ4n) is 3.25. The molecular formula is C14H28N2. The van der Waals surface area contributed by atoms with E-state index in [-0.39, 0.29) is 0 Å². The van der Waals surface area contributed by atoms with Crippen LogP contribution in [0, 0.1) is 0 Å². The maximum absolute atomic E-state index is 3.63. The maximum Gasteiger partial charge on any atom is 0.0190 e. The van der Waals surface area contributed by atoms with Crippen LogP contribution in [-0.2, 0) is 0 Å². The molecular weight excluding hydrogens is 196 g/mol. The van der Waals surface area contributed by atoms with Gasteiger partial charge in [0.1, 0.15) is 0 Å². The minimum absolute atomic E-state index is 0.473. The molecule has 2 rings (SSSR count). The van der Waals surface area contributed by atoms with E-state index in [1.165, 1.54) is 64.5 Å². The lowest BCUT2D eigenvalue weighted by atomic mass is 9.79. The Hall–Kier alpha value is -0.0800. The monoisotopic (exact) mass is 224 g/mol. The van der Waals surface area contributed by atoms with Gasteiger partial charge in [-0.3, -0.25) is 0 Å². The molecule has 2 heteroatoms. The van der Waals surface area contributed by atoms with E-state index in [9.17, 15) is 0 Å². The molecule has 0 heterocycles. The summed E-state index contributed by atoms with van der Waals surface area (Å²) in [5.74, 6) is 0. The lowest BCUT2D eigenvalue weighted by molar-refractivity contribution is 0.181. The fourth-order valence-corrected chi connectivity index (χ4v) is 3.25. The summed E-state index contributed by atoms with van der Waals surface area (Å²) in [4.78, 5) is 2.69. The molecule has 0 atom stereocenters. The number of hydrogen-bond donors (Lipinski definition) is 1. The van der Waals surface area contributed by atoms with Crippen molar-refractivity contribution in [1.82, 2.24) is 10.2 Å². The topological polar surface area (TPSA) is 15.3 Å². The molecule has 2 saturated carbocycles. The Balaban J connectivity index is 1.80. The molecule has 0 unspecified atom stereocenters. The molecule has 2 aliphatic rings. The van der Waals surface area contributed by atoms with Crippen molar-refractivity contribution in [2.75, 3.05) is 20.1 Å². The minimum Gasteiger partial charge on any atom is -0.314 e. The third-order valence-electron chi connectivity index (χ3n) is 4.69. The van der Waals surface area contributed by atoms with Gasteiger partial charge in [0.05, 0.1) is 0 Å². The van der Waals surface area contributed by atoms with Gasteiger partial charge >= 0.3 is 0 Å². The van der Waals surface area contributed by atoms with Gasteiger partial charge in [0.25, 0.3) is 0 Å². The van der Waals surface area contributed by atoms with Crippen molar-refractivity contribution in [3.8, 4) is 0 Å². The summed E-state index contributed by atoms with van der Waals surface area (Å²) in [6.07, 6.45) is 11.3. The predicted molar refractivity (Wildman–Crippen MR) is 69.8 cm³/mol. The van der Waals surface area contributed by atoms with Crippen molar-refractivity contribution in [3.63, 3.8) is 0 Å². The number of nitrogens with zero attached hydrogens (tertiary/aromatic N) is 1. The highest BCUT2D eigenvalue weighted by Gasteiger charge is 2.33. The lowest BCUT2D eigenvalue weighted by Crippen LogP contribution is -2.47. The van der Waals surface area contributed by atoms with Crippen LogP contribution in [0.2, 0.25) is 0 Å². The first-order chi connectivity index (χ1) is 7.79. The summed E-state index contributed by atoms with van der Waals surface area (Å²) in [7, 11) is 2.17. The zero-order valence-corrected chi connectivity index (χ0v) is 11.1. The van der Waals surface area contributed by atoms with Crippen LogP contribution in [0.3, 0.4) is 0 Å². The van der Waals surface area contributed by atoms with Gasteiger partial charge in [-0.05, 0) is 45.7 Å². The molecule has 2 fully saturated rings. The molecule has 0 radical (unpaired) electrons. The van der Waals surface area contributed by atoms with Gasteiger partial charge in [-0.25, -0.2) is 0 Å². The molecule has 0 aromatic heterocycles. The molecule has 0 saturated heterocycles. The molecule has 2 aliphatic carbocycles. The van der Waals surface area contributed by atoms with Crippen LogP contribution < -0.4 is 5.32 Å². The summed E-state index contributed by atoms with van der Waals surface area (Å²) in [6.45, 7) is 4.86. The molecule has 2 nitrogen and oxygen atoms in total. The highest BCUT2D eigenvalue weighted by Crippen LogP contribution is 2.33. The second kappa shape index (κ2) is 5.50. The summed E-state index contributed by atoms with van der Waals surface area (Å²) >= 11 is 0. The van der Waals surface area contributed by atoms with Crippen LogP contribution in [0.5, 0.6) is 0 Å². The van der Waals surface area contributed by atoms with Gasteiger partial charge in [-0.2, -0.15) is 0 Å². The highest BCUT2D eigenvalue weighted by molar-refractivity contribution is 4.92. The zero-order valence-electron chi connectivity index (χ0n) is 11.1. The fraction of sp³-hybridized carbons (Fsp3) is 1.00. The molecule has 0 spiro atoms. The first-order valence-electron chi connectivity index (χ1n) is 7.22. The second-order valence-corrected chi connectivity index (χ2v) is 5.70. The Bertz CT molecular complexity index is 205.